The van der Waals surface area contributed by atoms with Gasteiger partial charge in [0.2, 0.25) is 5.91 Å². The predicted molar refractivity (Wildman–Crippen MR) is 101 cm³/mol. The van der Waals surface area contributed by atoms with E-state index in [4.69, 9.17) is 0 Å². The van der Waals surface area contributed by atoms with Gasteiger partial charge in [0.15, 0.2) is 5.16 Å². The van der Waals surface area contributed by atoms with Crippen molar-refractivity contribution in [1.82, 2.24) is 25.1 Å². The number of aromatic nitrogens is 4. The van der Waals surface area contributed by atoms with Crippen LogP contribution in [0.4, 0.5) is 0 Å². The number of aromatic amines is 1. The average Bonchev–Trinajstić information content (AvgIpc) is 2.84. The maximum Gasteiger partial charge on any atom is 0.235 e. The molecule has 0 aliphatic heterocycles. The zero-order valence-electron chi connectivity index (χ0n) is 15.9. The van der Waals surface area contributed by atoms with Crippen molar-refractivity contribution in [1.29, 1.82) is 0 Å². The molecule has 2 aromatic rings. The Morgan fingerprint density at radius 2 is 1.88 bits per heavy atom. The molecule has 25 heavy (non-hydrogen) atoms. The number of H-pyrrole nitrogens is 1. The predicted octanol–water partition coefficient (Wildman–Crippen LogP) is 3.01. The minimum Gasteiger partial charge on any atom is -0.345 e. The lowest BCUT2D eigenvalue weighted by Crippen LogP contribution is -2.34. The summed E-state index contributed by atoms with van der Waals surface area (Å²) in [5.74, 6) is 0.105. The lowest BCUT2D eigenvalue weighted by molar-refractivity contribution is -0.129. The normalized spacial score (nSPS) is 12.2. The molecule has 0 spiro atoms. The van der Waals surface area contributed by atoms with Crippen molar-refractivity contribution in [2.24, 2.45) is 0 Å². The van der Waals surface area contributed by atoms with Crippen LogP contribution < -0.4 is 0 Å². The molecule has 0 saturated carbocycles. The minimum absolute atomic E-state index is 0.105. The van der Waals surface area contributed by atoms with Crippen LogP contribution in [0.15, 0.2) is 11.2 Å². The lowest BCUT2D eigenvalue weighted by atomic mass is 10.1. The number of thioether (sulfide) groups is 1. The van der Waals surface area contributed by atoms with Crippen molar-refractivity contribution in [2.45, 2.75) is 57.9 Å². The maximum atomic E-state index is 12.6. The van der Waals surface area contributed by atoms with Crippen molar-refractivity contribution >= 4 is 17.7 Å². The Morgan fingerprint density at radius 3 is 2.44 bits per heavy atom. The summed E-state index contributed by atoms with van der Waals surface area (Å²) < 4.78 is 0. The molecule has 0 bridgehead atoms. The molecule has 2 aromatic heterocycles. The third-order valence-corrected chi connectivity index (χ3v) is 5.12. The molecule has 2 rings (SSSR count). The molecule has 1 N–H and O–H groups in total. The fraction of sp³-hybridized carbons (Fsp3) is 0.556. The van der Waals surface area contributed by atoms with Crippen molar-refractivity contribution < 1.29 is 4.79 Å². The van der Waals surface area contributed by atoms with Crippen LogP contribution >= 0.6 is 11.8 Å². The SMILES string of the molecule is Cc1cc(C)nc(SC(C)C(=O)N(C)CCCc2c(C)n[nH]c2C)n1. The van der Waals surface area contributed by atoms with Crippen LogP contribution in [0.2, 0.25) is 0 Å². The van der Waals surface area contributed by atoms with Gasteiger partial charge in [-0.15, -0.1) is 0 Å². The van der Waals surface area contributed by atoms with E-state index >= 15 is 0 Å². The summed E-state index contributed by atoms with van der Waals surface area (Å²) >= 11 is 1.42. The summed E-state index contributed by atoms with van der Waals surface area (Å²) in [6.45, 7) is 10.6. The van der Waals surface area contributed by atoms with Crippen LogP contribution in [0.5, 0.6) is 0 Å². The third kappa shape index (κ3) is 5.29. The molecule has 7 heteroatoms. The Labute approximate surface area is 153 Å². The van der Waals surface area contributed by atoms with E-state index in [-0.39, 0.29) is 11.2 Å². The Morgan fingerprint density at radius 1 is 1.24 bits per heavy atom. The quantitative estimate of drug-likeness (QED) is 0.606. The molecule has 0 aromatic carbocycles. The second-order valence-corrected chi connectivity index (χ2v) is 7.78. The molecule has 6 nitrogen and oxygen atoms in total. The number of rotatable bonds is 7. The van der Waals surface area contributed by atoms with Crippen LogP contribution in [-0.2, 0) is 11.2 Å². The third-order valence-electron chi connectivity index (χ3n) is 4.17. The first-order chi connectivity index (χ1) is 11.8. The number of carbonyl (C=O) groups is 1. The number of hydrogen-bond acceptors (Lipinski definition) is 5. The van der Waals surface area contributed by atoms with E-state index in [0.29, 0.717) is 5.16 Å². The number of nitrogens with one attached hydrogen (secondary N) is 1. The van der Waals surface area contributed by atoms with Crippen LogP contribution in [0.25, 0.3) is 0 Å². The van der Waals surface area contributed by atoms with E-state index in [1.165, 1.54) is 17.3 Å². The Balaban J connectivity index is 1.86. The van der Waals surface area contributed by atoms with Gasteiger partial charge in [-0.2, -0.15) is 5.10 Å². The molecule has 0 saturated heterocycles. The van der Waals surface area contributed by atoms with Gasteiger partial charge in [0, 0.05) is 30.7 Å². The Kier molecular flexibility index (Phi) is 6.58. The highest BCUT2D eigenvalue weighted by molar-refractivity contribution is 8.00. The van der Waals surface area contributed by atoms with Gasteiger partial charge in [-0.05, 0) is 59.1 Å². The molecule has 0 aliphatic rings. The average molecular weight is 362 g/mol. The molecular weight excluding hydrogens is 334 g/mol. The van der Waals surface area contributed by atoms with E-state index in [1.54, 1.807) is 4.90 Å². The minimum atomic E-state index is -0.205. The van der Waals surface area contributed by atoms with Gasteiger partial charge in [0.25, 0.3) is 0 Å². The van der Waals surface area contributed by atoms with E-state index in [1.807, 2.05) is 47.7 Å². The highest BCUT2D eigenvalue weighted by Crippen LogP contribution is 2.21. The van der Waals surface area contributed by atoms with Gasteiger partial charge in [-0.25, -0.2) is 9.97 Å². The van der Waals surface area contributed by atoms with Crippen LogP contribution in [0.3, 0.4) is 0 Å². The first kappa shape index (κ1) is 19.4. The Hall–Kier alpha value is -1.89. The molecular formula is C18H27N5OS. The van der Waals surface area contributed by atoms with Crippen LogP contribution in [-0.4, -0.2) is 49.8 Å². The zero-order chi connectivity index (χ0) is 18.6. The number of amides is 1. The summed E-state index contributed by atoms with van der Waals surface area (Å²) in [5, 5.41) is 7.68. The highest BCUT2D eigenvalue weighted by atomic mass is 32.2. The second-order valence-electron chi connectivity index (χ2n) is 6.47. The fourth-order valence-electron chi connectivity index (χ4n) is 2.81. The highest BCUT2D eigenvalue weighted by Gasteiger charge is 2.20. The molecule has 1 amide bonds. The van der Waals surface area contributed by atoms with E-state index in [2.05, 4.69) is 20.2 Å². The van der Waals surface area contributed by atoms with Crippen molar-refractivity contribution in [3.63, 3.8) is 0 Å². The van der Waals surface area contributed by atoms with Crippen LogP contribution in [0.1, 0.15) is 41.7 Å². The lowest BCUT2D eigenvalue weighted by Gasteiger charge is -2.21. The van der Waals surface area contributed by atoms with E-state index < -0.39 is 0 Å². The zero-order valence-corrected chi connectivity index (χ0v) is 16.7. The standard InChI is InChI=1S/C18H27N5OS/c1-11-10-12(2)20-18(19-11)25-15(5)17(24)23(6)9-7-8-16-13(3)21-22-14(16)4/h10,15H,7-9H2,1-6H3,(H,21,22). The molecule has 0 fully saturated rings. The van der Waals surface area contributed by atoms with E-state index in [9.17, 15) is 4.79 Å². The smallest absolute Gasteiger partial charge is 0.235 e. The van der Waals surface area contributed by atoms with Gasteiger partial charge in [0.1, 0.15) is 0 Å². The molecule has 1 unspecified atom stereocenters. The largest absolute Gasteiger partial charge is 0.345 e. The van der Waals surface area contributed by atoms with E-state index in [0.717, 1.165) is 42.2 Å². The van der Waals surface area contributed by atoms with Gasteiger partial charge < -0.3 is 4.90 Å². The monoisotopic (exact) mass is 361 g/mol. The van der Waals surface area contributed by atoms with Gasteiger partial charge in [0.05, 0.1) is 10.9 Å². The molecule has 0 aliphatic carbocycles. The first-order valence-electron chi connectivity index (χ1n) is 8.52. The summed E-state index contributed by atoms with van der Waals surface area (Å²) in [4.78, 5) is 23.2. The Bertz CT molecular complexity index is 703. The van der Waals surface area contributed by atoms with Crippen molar-refractivity contribution in [3.05, 3.63) is 34.4 Å². The fourth-order valence-corrected chi connectivity index (χ4v) is 3.80. The number of aryl methyl sites for hydroxylation is 4. The number of carbonyl (C=O) groups excluding carboxylic acids is 1. The maximum absolute atomic E-state index is 12.6. The first-order valence-corrected chi connectivity index (χ1v) is 9.40. The number of hydrogen-bond donors (Lipinski definition) is 1. The van der Waals surface area contributed by atoms with Crippen molar-refractivity contribution in [2.75, 3.05) is 13.6 Å². The second kappa shape index (κ2) is 8.47. The molecule has 2 heterocycles. The summed E-state index contributed by atoms with van der Waals surface area (Å²) in [7, 11) is 1.86. The van der Waals surface area contributed by atoms with Gasteiger partial charge in [-0.3, -0.25) is 9.89 Å². The van der Waals surface area contributed by atoms with Gasteiger partial charge in [-0.1, -0.05) is 11.8 Å². The topological polar surface area (TPSA) is 74.8 Å². The summed E-state index contributed by atoms with van der Waals surface area (Å²) in [5.41, 5.74) is 5.26. The van der Waals surface area contributed by atoms with Gasteiger partial charge >= 0.3 is 0 Å². The summed E-state index contributed by atoms with van der Waals surface area (Å²) in [6, 6.07) is 1.93. The summed E-state index contributed by atoms with van der Waals surface area (Å²) in [6.07, 6.45) is 1.84. The van der Waals surface area contributed by atoms with Crippen LogP contribution in [0, 0.1) is 27.7 Å². The molecule has 136 valence electrons. The molecule has 1 atom stereocenters. The van der Waals surface area contributed by atoms with Crippen molar-refractivity contribution in [3.8, 4) is 0 Å². The number of nitrogens with zero attached hydrogens (tertiary/aromatic N) is 4. The molecule has 0 radical (unpaired) electrons.